The predicted octanol–water partition coefficient (Wildman–Crippen LogP) is 0.167. The normalized spacial score (nSPS) is 21.2. The fraction of sp³-hybridized carbons (Fsp3) is 0.400. The molecule has 6 heteroatoms. The van der Waals surface area contributed by atoms with Crippen LogP contribution in [-0.2, 0) is 22.7 Å². The Labute approximate surface area is 122 Å². The second-order valence-electron chi connectivity index (χ2n) is 5.36. The van der Waals surface area contributed by atoms with Crippen LogP contribution in [0.25, 0.3) is 0 Å². The lowest BCUT2D eigenvalue weighted by molar-refractivity contribution is -0.138. The number of amides is 3. The van der Waals surface area contributed by atoms with E-state index in [1.807, 2.05) is 19.1 Å². The van der Waals surface area contributed by atoms with Crippen LogP contribution in [0, 0.1) is 0 Å². The van der Waals surface area contributed by atoms with Gasteiger partial charge in [0.1, 0.15) is 12.6 Å². The number of hydrogen-bond acceptors (Lipinski definition) is 4. The molecule has 0 bridgehead atoms. The van der Waals surface area contributed by atoms with Crippen LogP contribution in [0.1, 0.15) is 34.8 Å². The van der Waals surface area contributed by atoms with Gasteiger partial charge >= 0.3 is 0 Å². The molecule has 21 heavy (non-hydrogen) atoms. The van der Waals surface area contributed by atoms with E-state index in [2.05, 4.69) is 10.6 Å². The number of carbonyl (C=O) groups is 3. The maximum absolute atomic E-state index is 12.6. The summed E-state index contributed by atoms with van der Waals surface area (Å²) in [4.78, 5) is 37.4. The van der Waals surface area contributed by atoms with Gasteiger partial charge in [0.25, 0.3) is 5.91 Å². The molecule has 2 aliphatic heterocycles. The number of nitrogens with zero attached hydrogens (tertiary/aromatic N) is 1. The Morgan fingerprint density at radius 2 is 2.05 bits per heavy atom. The van der Waals surface area contributed by atoms with Crippen molar-refractivity contribution >= 4 is 17.7 Å². The van der Waals surface area contributed by atoms with Crippen LogP contribution < -0.4 is 10.6 Å². The van der Waals surface area contributed by atoms with Crippen LogP contribution in [-0.4, -0.2) is 35.2 Å². The van der Waals surface area contributed by atoms with Crippen molar-refractivity contribution in [2.75, 3.05) is 6.54 Å². The molecule has 1 unspecified atom stereocenters. The van der Waals surface area contributed by atoms with Gasteiger partial charge in [-0.05, 0) is 29.7 Å². The molecule has 1 fully saturated rings. The topological polar surface area (TPSA) is 78.5 Å². The largest absolute Gasteiger partial charge is 0.317 e. The standard InChI is InChI=1S/C15H17N3O3/c1-2-12-14(20)17-13(19)8-18(12)15(21)9-3-4-10-6-16-7-11(10)5-9/h3-5,12,16H,2,6-8H2,1H3,(H,17,19,20). The van der Waals surface area contributed by atoms with Crippen molar-refractivity contribution in [2.45, 2.75) is 32.5 Å². The van der Waals surface area contributed by atoms with Crippen molar-refractivity contribution < 1.29 is 14.4 Å². The van der Waals surface area contributed by atoms with E-state index >= 15 is 0 Å². The van der Waals surface area contributed by atoms with Gasteiger partial charge in [0.15, 0.2) is 0 Å². The van der Waals surface area contributed by atoms with Crippen molar-refractivity contribution in [3.8, 4) is 0 Å². The third kappa shape index (κ3) is 2.42. The number of benzene rings is 1. The second kappa shape index (κ2) is 5.29. The number of rotatable bonds is 2. The van der Waals surface area contributed by atoms with Crippen LogP contribution in [0.5, 0.6) is 0 Å². The van der Waals surface area contributed by atoms with Crippen molar-refractivity contribution in [1.29, 1.82) is 0 Å². The molecule has 0 radical (unpaired) electrons. The summed E-state index contributed by atoms with van der Waals surface area (Å²) in [6.07, 6.45) is 0.483. The Morgan fingerprint density at radius 1 is 1.29 bits per heavy atom. The van der Waals surface area contributed by atoms with Gasteiger partial charge in [0, 0.05) is 18.7 Å². The average molecular weight is 287 g/mol. The van der Waals surface area contributed by atoms with Gasteiger partial charge in [0.05, 0.1) is 0 Å². The molecule has 0 aromatic heterocycles. The first-order chi connectivity index (χ1) is 10.1. The van der Waals surface area contributed by atoms with Gasteiger partial charge < -0.3 is 10.2 Å². The van der Waals surface area contributed by atoms with Gasteiger partial charge in [0.2, 0.25) is 11.8 Å². The maximum atomic E-state index is 12.6. The van der Waals surface area contributed by atoms with Gasteiger partial charge in [-0.1, -0.05) is 13.0 Å². The van der Waals surface area contributed by atoms with E-state index in [9.17, 15) is 14.4 Å². The lowest BCUT2D eigenvalue weighted by atomic mass is 10.0. The van der Waals surface area contributed by atoms with Crippen molar-refractivity contribution in [2.24, 2.45) is 0 Å². The minimum absolute atomic E-state index is 0.0710. The molecule has 1 aromatic carbocycles. The van der Waals surface area contributed by atoms with Crippen LogP contribution in [0.15, 0.2) is 18.2 Å². The van der Waals surface area contributed by atoms with Crippen molar-refractivity contribution in [3.05, 3.63) is 34.9 Å². The molecule has 2 N–H and O–H groups in total. The smallest absolute Gasteiger partial charge is 0.255 e. The molecule has 2 heterocycles. The first kappa shape index (κ1) is 13.8. The Bertz CT molecular complexity index is 627. The summed E-state index contributed by atoms with van der Waals surface area (Å²) in [6.45, 7) is 3.31. The summed E-state index contributed by atoms with van der Waals surface area (Å²) in [6, 6.07) is 4.95. The van der Waals surface area contributed by atoms with Crippen LogP contribution in [0.3, 0.4) is 0 Å². The number of carbonyl (C=O) groups excluding carboxylic acids is 3. The van der Waals surface area contributed by atoms with Gasteiger partial charge in [-0.25, -0.2) is 0 Å². The average Bonchev–Trinajstić information content (AvgIpc) is 2.93. The van der Waals surface area contributed by atoms with Gasteiger partial charge in [-0.2, -0.15) is 0 Å². The highest BCUT2D eigenvalue weighted by atomic mass is 16.2. The van der Waals surface area contributed by atoms with E-state index in [0.717, 1.165) is 18.7 Å². The monoisotopic (exact) mass is 287 g/mol. The highest BCUT2D eigenvalue weighted by Gasteiger charge is 2.36. The van der Waals surface area contributed by atoms with Crippen molar-refractivity contribution in [3.63, 3.8) is 0 Å². The number of hydrogen-bond donors (Lipinski definition) is 2. The van der Waals surface area contributed by atoms with Crippen LogP contribution in [0.4, 0.5) is 0 Å². The summed E-state index contributed by atoms with van der Waals surface area (Å²) in [5.74, 6) is -1.09. The van der Waals surface area contributed by atoms with Crippen molar-refractivity contribution in [1.82, 2.24) is 15.5 Å². The summed E-state index contributed by atoms with van der Waals surface area (Å²) in [5, 5.41) is 5.50. The lowest BCUT2D eigenvalue weighted by Gasteiger charge is -2.33. The number of nitrogens with one attached hydrogen (secondary N) is 2. The summed E-state index contributed by atoms with van der Waals surface area (Å²) in [5.41, 5.74) is 2.81. The van der Waals surface area contributed by atoms with Gasteiger partial charge in [-0.15, -0.1) is 0 Å². The van der Waals surface area contributed by atoms with E-state index in [4.69, 9.17) is 0 Å². The minimum Gasteiger partial charge on any atom is -0.317 e. The molecule has 110 valence electrons. The van der Waals surface area contributed by atoms with E-state index in [1.165, 1.54) is 10.5 Å². The molecule has 1 atom stereocenters. The molecular weight excluding hydrogens is 270 g/mol. The number of piperazine rings is 1. The third-order valence-corrected chi connectivity index (χ3v) is 3.99. The Kier molecular flexibility index (Phi) is 3.47. The molecule has 0 saturated carbocycles. The molecule has 2 aliphatic rings. The Balaban J connectivity index is 1.89. The molecule has 3 rings (SSSR count). The van der Waals surface area contributed by atoms with Crippen LogP contribution in [0.2, 0.25) is 0 Å². The van der Waals surface area contributed by atoms with E-state index in [1.54, 1.807) is 6.07 Å². The maximum Gasteiger partial charge on any atom is 0.255 e. The summed E-state index contributed by atoms with van der Waals surface area (Å²) >= 11 is 0. The van der Waals surface area contributed by atoms with Gasteiger partial charge in [-0.3, -0.25) is 19.7 Å². The second-order valence-corrected chi connectivity index (χ2v) is 5.36. The molecule has 0 spiro atoms. The molecule has 0 aliphatic carbocycles. The third-order valence-electron chi connectivity index (χ3n) is 3.99. The molecular formula is C15H17N3O3. The zero-order valence-corrected chi connectivity index (χ0v) is 11.8. The Morgan fingerprint density at radius 3 is 2.81 bits per heavy atom. The molecule has 6 nitrogen and oxygen atoms in total. The minimum atomic E-state index is -0.582. The molecule has 1 aromatic rings. The first-order valence-electron chi connectivity index (χ1n) is 7.07. The van der Waals surface area contributed by atoms with Crippen LogP contribution >= 0.6 is 0 Å². The fourth-order valence-electron chi connectivity index (χ4n) is 2.88. The zero-order valence-electron chi connectivity index (χ0n) is 11.8. The van der Waals surface area contributed by atoms with E-state index < -0.39 is 17.9 Å². The summed E-state index contributed by atoms with van der Waals surface area (Å²) in [7, 11) is 0. The number of imide groups is 1. The SMILES string of the molecule is CCC1C(=O)NC(=O)CN1C(=O)c1ccc2c(c1)CNC2. The number of fused-ring (bicyclic) bond motifs is 1. The molecule has 1 saturated heterocycles. The first-order valence-corrected chi connectivity index (χ1v) is 7.07. The predicted molar refractivity (Wildman–Crippen MR) is 75.3 cm³/mol. The van der Waals surface area contributed by atoms with E-state index in [0.29, 0.717) is 12.0 Å². The lowest BCUT2D eigenvalue weighted by Crippen LogP contribution is -2.59. The zero-order chi connectivity index (χ0) is 15.0. The highest BCUT2D eigenvalue weighted by molar-refractivity contribution is 6.07. The summed E-state index contributed by atoms with van der Waals surface area (Å²) < 4.78 is 0. The fourth-order valence-corrected chi connectivity index (χ4v) is 2.88. The Hall–Kier alpha value is -2.21. The quantitative estimate of drug-likeness (QED) is 0.760. The molecule has 3 amide bonds. The highest BCUT2D eigenvalue weighted by Crippen LogP contribution is 2.20. The van der Waals surface area contributed by atoms with E-state index in [-0.39, 0.29) is 12.5 Å².